The molecule has 1 unspecified atom stereocenters. The van der Waals surface area contributed by atoms with Gasteiger partial charge in [-0.25, -0.2) is 4.98 Å². The van der Waals surface area contributed by atoms with E-state index in [0.717, 1.165) is 10.6 Å². The van der Waals surface area contributed by atoms with E-state index < -0.39 is 0 Å². The molecule has 1 atom stereocenters. The standard InChI is InChI=1S/C14H16ClN3OS.2ClH/c1-9(7-16)18(2)14(19)12-8-20-13(17-12)10-4-3-5-11(15)6-10;;/h3-6,8-9H,7,16H2,1-2H3;2*1H. The average molecular weight is 383 g/mol. The van der Waals surface area contributed by atoms with E-state index in [1.165, 1.54) is 11.3 Å². The number of carbonyl (C=O) groups is 1. The lowest BCUT2D eigenvalue weighted by atomic mass is 10.2. The number of amides is 1. The normalized spacial score (nSPS) is 11.1. The Labute approximate surface area is 151 Å². The number of rotatable bonds is 4. The third kappa shape index (κ3) is 4.83. The third-order valence-electron chi connectivity index (χ3n) is 3.12. The van der Waals surface area contributed by atoms with Crippen LogP contribution in [0.2, 0.25) is 5.02 Å². The molecule has 0 aliphatic carbocycles. The maximum atomic E-state index is 12.2. The molecule has 22 heavy (non-hydrogen) atoms. The van der Waals surface area contributed by atoms with Gasteiger partial charge in [0.05, 0.1) is 0 Å². The number of aromatic nitrogens is 1. The predicted molar refractivity (Wildman–Crippen MR) is 97.7 cm³/mol. The maximum Gasteiger partial charge on any atom is 0.273 e. The van der Waals surface area contributed by atoms with Crippen LogP contribution in [0.4, 0.5) is 0 Å². The fourth-order valence-corrected chi connectivity index (χ4v) is 2.65. The van der Waals surface area contributed by atoms with Gasteiger partial charge in [0.2, 0.25) is 0 Å². The van der Waals surface area contributed by atoms with Crippen molar-refractivity contribution >= 4 is 53.7 Å². The number of thiazole rings is 1. The molecule has 122 valence electrons. The van der Waals surface area contributed by atoms with Crippen LogP contribution in [0.15, 0.2) is 29.6 Å². The van der Waals surface area contributed by atoms with E-state index in [4.69, 9.17) is 17.3 Å². The smallest absolute Gasteiger partial charge is 0.273 e. The van der Waals surface area contributed by atoms with Crippen LogP contribution < -0.4 is 5.73 Å². The summed E-state index contributed by atoms with van der Waals surface area (Å²) in [6.45, 7) is 2.33. The molecular weight excluding hydrogens is 365 g/mol. The lowest BCUT2D eigenvalue weighted by molar-refractivity contribution is 0.0743. The summed E-state index contributed by atoms with van der Waals surface area (Å²) in [7, 11) is 1.73. The van der Waals surface area contributed by atoms with Crippen molar-refractivity contribution in [1.82, 2.24) is 9.88 Å². The van der Waals surface area contributed by atoms with Gasteiger partial charge in [-0.15, -0.1) is 36.2 Å². The lowest BCUT2D eigenvalue weighted by Crippen LogP contribution is -2.39. The first-order chi connectivity index (χ1) is 9.52. The Morgan fingerprint density at radius 3 is 2.73 bits per heavy atom. The molecule has 4 nitrogen and oxygen atoms in total. The second-order valence-corrected chi connectivity index (χ2v) is 5.84. The van der Waals surface area contributed by atoms with Crippen molar-refractivity contribution in [2.45, 2.75) is 13.0 Å². The number of carbonyl (C=O) groups excluding carboxylic acids is 1. The zero-order chi connectivity index (χ0) is 14.7. The fraction of sp³-hybridized carbons (Fsp3) is 0.286. The Balaban J connectivity index is 0.00000220. The van der Waals surface area contributed by atoms with Crippen LogP contribution in [-0.2, 0) is 0 Å². The number of hydrogen-bond acceptors (Lipinski definition) is 4. The molecule has 2 rings (SSSR count). The molecule has 0 radical (unpaired) electrons. The summed E-state index contributed by atoms with van der Waals surface area (Å²) in [5.74, 6) is -0.118. The number of nitrogens with zero attached hydrogens (tertiary/aromatic N) is 2. The molecule has 0 bridgehead atoms. The predicted octanol–water partition coefficient (Wildman–Crippen LogP) is 3.73. The van der Waals surface area contributed by atoms with E-state index in [-0.39, 0.29) is 36.8 Å². The summed E-state index contributed by atoms with van der Waals surface area (Å²) in [6.07, 6.45) is 0. The van der Waals surface area contributed by atoms with Gasteiger partial charge in [0.1, 0.15) is 10.7 Å². The van der Waals surface area contributed by atoms with Crippen molar-refractivity contribution in [3.8, 4) is 10.6 Å². The minimum Gasteiger partial charge on any atom is -0.336 e. The highest BCUT2D eigenvalue weighted by Gasteiger charge is 2.19. The van der Waals surface area contributed by atoms with Crippen molar-refractivity contribution in [3.05, 3.63) is 40.4 Å². The van der Waals surface area contributed by atoms with Gasteiger partial charge in [-0.1, -0.05) is 23.7 Å². The Kier molecular flexibility index (Phi) is 8.96. The summed E-state index contributed by atoms with van der Waals surface area (Å²) in [5.41, 5.74) is 6.93. The number of likely N-dealkylation sites (N-methyl/N-ethyl adjacent to an activating group) is 1. The van der Waals surface area contributed by atoms with Gasteiger partial charge in [0.15, 0.2) is 0 Å². The Bertz CT molecular complexity index is 621. The minimum atomic E-state index is -0.118. The van der Waals surface area contributed by atoms with E-state index >= 15 is 0 Å². The zero-order valence-corrected chi connectivity index (χ0v) is 15.4. The molecule has 0 saturated carbocycles. The first kappa shape index (κ1) is 21.1. The first-order valence-electron chi connectivity index (χ1n) is 6.21. The van der Waals surface area contributed by atoms with Crippen LogP contribution >= 0.6 is 47.8 Å². The van der Waals surface area contributed by atoms with Crippen molar-refractivity contribution in [1.29, 1.82) is 0 Å². The molecule has 0 aliphatic heterocycles. The summed E-state index contributed by atoms with van der Waals surface area (Å²) in [6, 6.07) is 7.41. The van der Waals surface area contributed by atoms with Gasteiger partial charge < -0.3 is 10.6 Å². The fourth-order valence-electron chi connectivity index (χ4n) is 1.67. The molecule has 1 amide bonds. The van der Waals surface area contributed by atoms with E-state index in [9.17, 15) is 4.79 Å². The SMILES string of the molecule is CC(CN)N(C)C(=O)c1csc(-c2cccc(Cl)c2)n1.Cl.Cl. The second kappa shape index (κ2) is 9.33. The van der Waals surface area contributed by atoms with Gasteiger partial charge in [-0.2, -0.15) is 0 Å². The maximum absolute atomic E-state index is 12.2. The van der Waals surface area contributed by atoms with Crippen LogP contribution in [0.25, 0.3) is 10.6 Å². The van der Waals surface area contributed by atoms with Crippen LogP contribution in [0.5, 0.6) is 0 Å². The monoisotopic (exact) mass is 381 g/mol. The largest absolute Gasteiger partial charge is 0.336 e. The highest BCUT2D eigenvalue weighted by atomic mass is 35.5. The van der Waals surface area contributed by atoms with Crippen LogP contribution in [-0.4, -0.2) is 35.4 Å². The highest BCUT2D eigenvalue weighted by molar-refractivity contribution is 7.13. The summed E-state index contributed by atoms with van der Waals surface area (Å²) < 4.78 is 0. The number of benzene rings is 1. The number of hydrogen-bond donors (Lipinski definition) is 1. The third-order valence-corrected chi connectivity index (χ3v) is 4.24. The van der Waals surface area contributed by atoms with Crippen LogP contribution in [0, 0.1) is 0 Å². The molecule has 1 heterocycles. The molecule has 2 aromatic rings. The lowest BCUT2D eigenvalue weighted by Gasteiger charge is -2.22. The van der Waals surface area contributed by atoms with Gasteiger partial charge in [0, 0.05) is 35.6 Å². The van der Waals surface area contributed by atoms with Gasteiger partial charge in [0.25, 0.3) is 5.91 Å². The Hall–Kier alpha value is -0.850. The molecule has 2 N–H and O–H groups in total. The molecule has 0 aliphatic rings. The van der Waals surface area contributed by atoms with E-state index in [1.54, 1.807) is 23.4 Å². The summed E-state index contributed by atoms with van der Waals surface area (Å²) in [5, 5.41) is 3.20. The molecular formula is C14H18Cl3N3OS. The van der Waals surface area contributed by atoms with E-state index in [1.807, 2.05) is 25.1 Å². The average Bonchev–Trinajstić information content (AvgIpc) is 2.94. The zero-order valence-electron chi connectivity index (χ0n) is 12.2. The summed E-state index contributed by atoms with van der Waals surface area (Å²) in [4.78, 5) is 18.2. The quantitative estimate of drug-likeness (QED) is 0.876. The van der Waals surface area contributed by atoms with Gasteiger partial charge >= 0.3 is 0 Å². The minimum absolute atomic E-state index is 0. The topological polar surface area (TPSA) is 59.2 Å². The van der Waals surface area contributed by atoms with Gasteiger partial charge in [-0.05, 0) is 19.1 Å². The molecule has 1 aromatic heterocycles. The van der Waals surface area contributed by atoms with Crippen molar-refractivity contribution in [3.63, 3.8) is 0 Å². The van der Waals surface area contributed by atoms with Gasteiger partial charge in [-0.3, -0.25) is 4.79 Å². The molecule has 8 heteroatoms. The van der Waals surface area contributed by atoms with Crippen molar-refractivity contribution < 1.29 is 4.79 Å². The number of halogens is 3. The van der Waals surface area contributed by atoms with Crippen molar-refractivity contribution in [2.75, 3.05) is 13.6 Å². The first-order valence-corrected chi connectivity index (χ1v) is 7.47. The van der Waals surface area contributed by atoms with E-state index in [2.05, 4.69) is 4.98 Å². The summed E-state index contributed by atoms with van der Waals surface area (Å²) >= 11 is 7.39. The van der Waals surface area contributed by atoms with Crippen LogP contribution in [0.3, 0.4) is 0 Å². The van der Waals surface area contributed by atoms with Crippen LogP contribution in [0.1, 0.15) is 17.4 Å². The molecule has 0 fully saturated rings. The molecule has 0 spiro atoms. The second-order valence-electron chi connectivity index (χ2n) is 4.55. The number of nitrogens with two attached hydrogens (primary N) is 1. The van der Waals surface area contributed by atoms with Crippen molar-refractivity contribution in [2.24, 2.45) is 5.73 Å². The highest BCUT2D eigenvalue weighted by Crippen LogP contribution is 2.26. The Morgan fingerprint density at radius 1 is 1.45 bits per heavy atom. The van der Waals surface area contributed by atoms with E-state index in [0.29, 0.717) is 17.3 Å². The molecule has 0 saturated heterocycles. The Morgan fingerprint density at radius 2 is 2.14 bits per heavy atom. The molecule has 1 aromatic carbocycles.